The summed E-state index contributed by atoms with van der Waals surface area (Å²) in [6, 6.07) is 20.5. The summed E-state index contributed by atoms with van der Waals surface area (Å²) < 4.78 is 7.39. The molecule has 0 fully saturated rings. The van der Waals surface area contributed by atoms with Crippen molar-refractivity contribution in [2.75, 3.05) is 33.4 Å². The first-order chi connectivity index (χ1) is 20.0. The first-order valence-corrected chi connectivity index (χ1v) is 14.1. The number of likely N-dealkylation sites (N-methyl/N-ethyl adjacent to an activating group) is 1. The second-order valence-corrected chi connectivity index (χ2v) is 11.9. The number of carbonyl (C=O) groups excluding carboxylic acids is 1. The molecule has 9 nitrogen and oxygen atoms in total. The molecule has 0 unspecified atom stereocenters. The Balaban J connectivity index is 1.50. The Hall–Kier alpha value is -4.63. The molecule has 3 heterocycles. The topological polar surface area (TPSA) is 105 Å². The third-order valence-electron chi connectivity index (χ3n) is 6.90. The van der Waals surface area contributed by atoms with Gasteiger partial charge in [-0.1, -0.05) is 36.4 Å². The van der Waals surface area contributed by atoms with Crippen LogP contribution in [-0.4, -0.2) is 68.9 Å². The van der Waals surface area contributed by atoms with E-state index >= 15 is 0 Å². The van der Waals surface area contributed by atoms with Gasteiger partial charge in [-0.3, -0.25) is 4.68 Å². The monoisotopic (exact) mass is 565 g/mol. The molecule has 9 heteroatoms. The third kappa shape index (κ3) is 6.63. The standard InChI is InChI=1S/C33H39N7O2/c1-33(2,3)42-32(41)39(6)17-18-40-21-28(30(37-40)24-11-13-25(34)14-12-24)26-15-16-35-31-27(26)19-29(36-31)23-9-7-22(8-10-23)20-38(4)5/h7-16,19,21H,17-18,20,34H2,1-6H3,(H,35,36). The van der Waals surface area contributed by atoms with Crippen LogP contribution in [0.1, 0.15) is 26.3 Å². The van der Waals surface area contributed by atoms with E-state index in [2.05, 4.69) is 59.3 Å². The first-order valence-electron chi connectivity index (χ1n) is 14.1. The molecule has 5 aromatic rings. The van der Waals surface area contributed by atoms with E-state index in [1.165, 1.54) is 5.56 Å². The Kier molecular flexibility index (Phi) is 8.04. The molecule has 5 rings (SSSR count). The minimum Gasteiger partial charge on any atom is -0.444 e. The molecule has 3 aromatic heterocycles. The van der Waals surface area contributed by atoms with E-state index in [1.807, 2.05) is 68.2 Å². The molecule has 0 saturated heterocycles. The summed E-state index contributed by atoms with van der Waals surface area (Å²) >= 11 is 0. The minimum absolute atomic E-state index is 0.362. The van der Waals surface area contributed by atoms with Gasteiger partial charge in [-0.25, -0.2) is 9.78 Å². The number of amides is 1. The van der Waals surface area contributed by atoms with Crippen LogP contribution in [0.3, 0.4) is 0 Å². The largest absolute Gasteiger partial charge is 0.444 e. The van der Waals surface area contributed by atoms with E-state index in [-0.39, 0.29) is 6.09 Å². The number of fused-ring (bicyclic) bond motifs is 1. The second-order valence-electron chi connectivity index (χ2n) is 11.9. The lowest BCUT2D eigenvalue weighted by Crippen LogP contribution is -2.36. The number of pyridine rings is 1. The minimum atomic E-state index is -0.553. The molecule has 1 amide bonds. The molecule has 0 aliphatic heterocycles. The highest BCUT2D eigenvalue weighted by molar-refractivity contribution is 5.99. The van der Waals surface area contributed by atoms with Crippen molar-refractivity contribution in [3.8, 4) is 33.6 Å². The Morgan fingerprint density at radius 2 is 1.67 bits per heavy atom. The van der Waals surface area contributed by atoms with E-state index in [9.17, 15) is 4.79 Å². The van der Waals surface area contributed by atoms with Crippen molar-refractivity contribution in [2.24, 2.45) is 0 Å². The number of nitrogens with one attached hydrogen (secondary N) is 1. The molecule has 0 aliphatic carbocycles. The van der Waals surface area contributed by atoms with Gasteiger partial charge in [0.2, 0.25) is 0 Å². The Labute approximate surface area is 246 Å². The van der Waals surface area contributed by atoms with Crippen molar-refractivity contribution < 1.29 is 9.53 Å². The van der Waals surface area contributed by atoms with Crippen LogP contribution in [0.4, 0.5) is 10.5 Å². The van der Waals surface area contributed by atoms with Gasteiger partial charge in [0.1, 0.15) is 16.9 Å². The fraction of sp³-hybridized carbons (Fsp3) is 0.303. The van der Waals surface area contributed by atoms with Crippen LogP contribution in [0.5, 0.6) is 0 Å². The number of nitrogens with two attached hydrogens (primary N) is 1. The summed E-state index contributed by atoms with van der Waals surface area (Å²) in [4.78, 5) is 24.4. The average molecular weight is 566 g/mol. The third-order valence-corrected chi connectivity index (χ3v) is 6.90. The zero-order valence-corrected chi connectivity index (χ0v) is 25.2. The van der Waals surface area contributed by atoms with Crippen LogP contribution in [-0.2, 0) is 17.8 Å². The Morgan fingerprint density at radius 3 is 2.33 bits per heavy atom. The Bertz CT molecular complexity index is 1680. The number of ether oxygens (including phenoxy) is 1. The van der Waals surface area contributed by atoms with Gasteiger partial charge in [0.05, 0.1) is 6.54 Å². The van der Waals surface area contributed by atoms with Gasteiger partial charge in [0, 0.05) is 60.4 Å². The van der Waals surface area contributed by atoms with Gasteiger partial charge >= 0.3 is 6.09 Å². The summed E-state index contributed by atoms with van der Waals surface area (Å²) in [5.74, 6) is 0. The van der Waals surface area contributed by atoms with Crippen LogP contribution in [0, 0.1) is 0 Å². The molecular weight excluding hydrogens is 526 g/mol. The number of anilines is 1. The molecule has 0 radical (unpaired) electrons. The molecular formula is C33H39N7O2. The highest BCUT2D eigenvalue weighted by Gasteiger charge is 2.21. The van der Waals surface area contributed by atoms with Gasteiger partial charge in [-0.15, -0.1) is 0 Å². The van der Waals surface area contributed by atoms with Gasteiger partial charge in [-0.2, -0.15) is 5.10 Å². The molecule has 2 aromatic carbocycles. The highest BCUT2D eigenvalue weighted by atomic mass is 16.6. The SMILES string of the molecule is CN(C)Cc1ccc(-c2cc3c(-c4cn(CCN(C)C(=O)OC(C)(C)C)nc4-c4ccc(N)cc4)ccnc3[nH]2)cc1. The average Bonchev–Trinajstić information content (AvgIpc) is 3.56. The van der Waals surface area contributed by atoms with Crippen molar-refractivity contribution in [1.29, 1.82) is 0 Å². The number of nitrogens with zero attached hydrogens (tertiary/aromatic N) is 5. The summed E-state index contributed by atoms with van der Waals surface area (Å²) in [6.07, 6.45) is 3.49. The van der Waals surface area contributed by atoms with Crippen LogP contribution >= 0.6 is 0 Å². The molecule has 0 saturated carbocycles. The van der Waals surface area contributed by atoms with Crippen molar-refractivity contribution in [3.05, 3.63) is 78.6 Å². The lowest BCUT2D eigenvalue weighted by atomic mass is 10.00. The van der Waals surface area contributed by atoms with Crippen molar-refractivity contribution >= 4 is 22.8 Å². The summed E-state index contributed by atoms with van der Waals surface area (Å²) in [6.45, 7) is 7.42. The normalized spacial score (nSPS) is 11.8. The van der Waals surface area contributed by atoms with Crippen molar-refractivity contribution in [1.82, 2.24) is 29.5 Å². The van der Waals surface area contributed by atoms with Crippen LogP contribution in [0.15, 0.2) is 73.1 Å². The molecule has 42 heavy (non-hydrogen) atoms. The number of H-pyrrole nitrogens is 1. The van der Waals surface area contributed by atoms with E-state index in [0.29, 0.717) is 18.8 Å². The number of hydrogen-bond donors (Lipinski definition) is 2. The van der Waals surface area contributed by atoms with Gasteiger partial charge in [-0.05, 0) is 75.8 Å². The maximum Gasteiger partial charge on any atom is 0.410 e. The lowest BCUT2D eigenvalue weighted by molar-refractivity contribution is 0.0292. The van der Waals surface area contributed by atoms with Crippen molar-refractivity contribution in [2.45, 2.75) is 39.5 Å². The van der Waals surface area contributed by atoms with E-state index in [1.54, 1.807) is 11.9 Å². The first kappa shape index (κ1) is 28.9. The molecule has 0 atom stereocenters. The lowest BCUT2D eigenvalue weighted by Gasteiger charge is -2.24. The Morgan fingerprint density at radius 1 is 0.976 bits per heavy atom. The quantitative estimate of drug-likeness (QED) is 0.215. The number of rotatable bonds is 8. The second kappa shape index (κ2) is 11.7. The number of aromatic nitrogens is 4. The van der Waals surface area contributed by atoms with Crippen LogP contribution in [0.2, 0.25) is 0 Å². The molecule has 0 bridgehead atoms. The molecule has 3 N–H and O–H groups in total. The zero-order valence-electron chi connectivity index (χ0n) is 25.2. The van der Waals surface area contributed by atoms with Gasteiger partial charge in [0.25, 0.3) is 0 Å². The summed E-state index contributed by atoms with van der Waals surface area (Å²) in [5.41, 5.74) is 14.1. The van der Waals surface area contributed by atoms with Gasteiger partial charge < -0.3 is 25.3 Å². The maximum atomic E-state index is 12.5. The smallest absolute Gasteiger partial charge is 0.410 e. The van der Waals surface area contributed by atoms with E-state index in [0.717, 1.165) is 51.2 Å². The van der Waals surface area contributed by atoms with E-state index < -0.39 is 5.60 Å². The van der Waals surface area contributed by atoms with Crippen molar-refractivity contribution in [3.63, 3.8) is 0 Å². The fourth-order valence-electron chi connectivity index (χ4n) is 4.84. The summed E-state index contributed by atoms with van der Waals surface area (Å²) in [5, 5.41) is 5.97. The molecule has 0 aliphatic rings. The number of nitrogen functional groups attached to an aromatic ring is 1. The number of hydrogen-bond acceptors (Lipinski definition) is 6. The van der Waals surface area contributed by atoms with Crippen LogP contribution < -0.4 is 5.73 Å². The maximum absolute atomic E-state index is 12.5. The predicted molar refractivity (Wildman–Crippen MR) is 169 cm³/mol. The number of carbonyl (C=O) groups is 1. The fourth-order valence-corrected chi connectivity index (χ4v) is 4.84. The van der Waals surface area contributed by atoms with E-state index in [4.69, 9.17) is 15.6 Å². The number of aromatic amines is 1. The predicted octanol–water partition coefficient (Wildman–Crippen LogP) is 6.27. The molecule has 218 valence electrons. The zero-order chi connectivity index (χ0) is 30.0. The van der Waals surface area contributed by atoms with Gasteiger partial charge in [0.15, 0.2) is 0 Å². The highest BCUT2D eigenvalue weighted by Crippen LogP contribution is 2.37. The number of benzene rings is 2. The molecule has 0 spiro atoms. The summed E-state index contributed by atoms with van der Waals surface area (Å²) in [7, 11) is 5.87. The van der Waals surface area contributed by atoms with Crippen LogP contribution in [0.25, 0.3) is 44.7 Å².